The van der Waals surface area contributed by atoms with Gasteiger partial charge in [0.25, 0.3) is 0 Å². The molecule has 1 heterocycles. The van der Waals surface area contributed by atoms with Gasteiger partial charge in [0.2, 0.25) is 5.28 Å². The molecule has 14 heavy (non-hydrogen) atoms. The quantitative estimate of drug-likeness (QED) is 0.772. The van der Waals surface area contributed by atoms with Crippen LogP contribution in [0.5, 0.6) is 0 Å². The van der Waals surface area contributed by atoms with Gasteiger partial charge in [-0.05, 0) is 18.5 Å². The number of hydrogen-bond acceptors (Lipinski definition) is 3. The van der Waals surface area contributed by atoms with Gasteiger partial charge in [-0.1, -0.05) is 0 Å². The number of carbonyl (C=O) groups is 2. The summed E-state index contributed by atoms with van der Waals surface area (Å²) < 4.78 is 1.39. The number of carboxylic acids is 1. The fourth-order valence-electron chi connectivity index (χ4n) is 1.22. The van der Waals surface area contributed by atoms with Crippen molar-refractivity contribution in [1.29, 1.82) is 0 Å². The number of halogens is 1. The van der Waals surface area contributed by atoms with Crippen molar-refractivity contribution in [3.05, 3.63) is 17.2 Å². The normalized spacial score (nSPS) is 12.4. The third kappa shape index (κ3) is 2.11. The SMILES string of the molecule is CC(CC(=O)O)n1c(C=O)cnc1Cl. The first kappa shape index (κ1) is 10.7. The Labute approximate surface area is 85.3 Å². The van der Waals surface area contributed by atoms with Gasteiger partial charge in [-0.3, -0.25) is 9.59 Å². The fraction of sp³-hybridized carbons (Fsp3) is 0.375. The lowest BCUT2D eigenvalue weighted by Gasteiger charge is -2.12. The topological polar surface area (TPSA) is 72.2 Å². The molecule has 0 fully saturated rings. The number of rotatable bonds is 4. The second kappa shape index (κ2) is 4.23. The van der Waals surface area contributed by atoms with Gasteiger partial charge in [0.05, 0.1) is 12.6 Å². The van der Waals surface area contributed by atoms with Crippen molar-refractivity contribution in [1.82, 2.24) is 9.55 Å². The van der Waals surface area contributed by atoms with E-state index in [1.165, 1.54) is 10.8 Å². The first-order valence-corrected chi connectivity index (χ1v) is 4.33. The second-order valence-corrected chi connectivity index (χ2v) is 3.22. The molecule has 0 saturated carbocycles. The summed E-state index contributed by atoms with van der Waals surface area (Å²) in [6, 6.07) is -0.386. The van der Waals surface area contributed by atoms with Gasteiger partial charge in [-0.2, -0.15) is 0 Å². The molecule has 0 aromatic carbocycles. The van der Waals surface area contributed by atoms with Gasteiger partial charge in [0, 0.05) is 6.04 Å². The number of carboxylic acid groups (broad SMARTS) is 1. The monoisotopic (exact) mass is 216 g/mol. The first-order valence-electron chi connectivity index (χ1n) is 3.96. The van der Waals surface area contributed by atoms with Crippen LogP contribution in [0.15, 0.2) is 6.20 Å². The van der Waals surface area contributed by atoms with E-state index in [1.807, 2.05) is 0 Å². The summed E-state index contributed by atoms with van der Waals surface area (Å²) in [7, 11) is 0. The molecule has 0 aliphatic rings. The molecule has 76 valence electrons. The zero-order valence-electron chi connectivity index (χ0n) is 7.48. The highest BCUT2D eigenvalue weighted by molar-refractivity contribution is 6.28. The molecule has 5 nitrogen and oxygen atoms in total. The first-order chi connectivity index (χ1) is 6.56. The molecule has 0 aliphatic heterocycles. The Bertz CT molecular complexity index is 361. The third-order valence-electron chi connectivity index (χ3n) is 1.81. The van der Waals surface area contributed by atoms with E-state index in [4.69, 9.17) is 16.7 Å². The number of carbonyl (C=O) groups excluding carboxylic acids is 1. The smallest absolute Gasteiger partial charge is 0.305 e. The number of aromatic nitrogens is 2. The van der Waals surface area contributed by atoms with Gasteiger partial charge in [0.15, 0.2) is 6.29 Å². The van der Waals surface area contributed by atoms with E-state index in [9.17, 15) is 9.59 Å². The van der Waals surface area contributed by atoms with Crippen LogP contribution >= 0.6 is 11.6 Å². The molecule has 1 unspecified atom stereocenters. The molecular weight excluding hydrogens is 208 g/mol. The second-order valence-electron chi connectivity index (χ2n) is 2.89. The van der Waals surface area contributed by atoms with E-state index in [-0.39, 0.29) is 23.4 Å². The number of imidazole rings is 1. The van der Waals surface area contributed by atoms with Crippen molar-refractivity contribution < 1.29 is 14.7 Å². The van der Waals surface area contributed by atoms with Crippen LogP contribution in [0.1, 0.15) is 29.9 Å². The Balaban J connectivity index is 2.97. The predicted octanol–water partition coefficient (Wildman–Crippen LogP) is 1.38. The van der Waals surface area contributed by atoms with Gasteiger partial charge >= 0.3 is 5.97 Å². The van der Waals surface area contributed by atoms with E-state index >= 15 is 0 Å². The summed E-state index contributed by atoms with van der Waals surface area (Å²) in [5, 5.41) is 8.70. The lowest BCUT2D eigenvalue weighted by molar-refractivity contribution is -0.137. The van der Waals surface area contributed by atoms with Crippen molar-refractivity contribution in [3.8, 4) is 0 Å². The van der Waals surface area contributed by atoms with Crippen LogP contribution < -0.4 is 0 Å². The standard InChI is InChI=1S/C8H9ClN2O3/c1-5(2-7(13)14)11-6(4-12)3-10-8(11)9/h3-5H,2H2,1H3,(H,13,14). The largest absolute Gasteiger partial charge is 0.481 e. The summed E-state index contributed by atoms with van der Waals surface area (Å²) in [6.07, 6.45) is 1.81. The summed E-state index contributed by atoms with van der Waals surface area (Å²) >= 11 is 5.70. The van der Waals surface area contributed by atoms with Crippen molar-refractivity contribution in [3.63, 3.8) is 0 Å². The van der Waals surface area contributed by atoms with Crippen LogP contribution in [0, 0.1) is 0 Å². The number of nitrogens with zero attached hydrogens (tertiary/aromatic N) is 2. The molecule has 1 aromatic rings. The lowest BCUT2D eigenvalue weighted by atomic mass is 10.2. The van der Waals surface area contributed by atoms with Gasteiger partial charge in [-0.15, -0.1) is 0 Å². The molecule has 0 radical (unpaired) electrons. The molecule has 0 aliphatic carbocycles. The average Bonchev–Trinajstić information content (AvgIpc) is 2.45. The third-order valence-corrected chi connectivity index (χ3v) is 2.09. The van der Waals surface area contributed by atoms with Crippen LogP contribution in [0.3, 0.4) is 0 Å². The minimum Gasteiger partial charge on any atom is -0.481 e. The molecular formula is C8H9ClN2O3. The van der Waals surface area contributed by atoms with Crippen molar-refractivity contribution >= 4 is 23.9 Å². The molecule has 1 atom stereocenters. The van der Waals surface area contributed by atoms with E-state index in [0.717, 1.165) is 0 Å². The lowest BCUT2D eigenvalue weighted by Crippen LogP contribution is -2.12. The van der Waals surface area contributed by atoms with Crippen molar-refractivity contribution in [2.75, 3.05) is 0 Å². The van der Waals surface area contributed by atoms with E-state index in [1.54, 1.807) is 6.92 Å². The Morgan fingerprint density at radius 3 is 3.00 bits per heavy atom. The van der Waals surface area contributed by atoms with Crippen LogP contribution in [-0.2, 0) is 4.79 Å². The van der Waals surface area contributed by atoms with Crippen molar-refractivity contribution in [2.45, 2.75) is 19.4 Å². The number of hydrogen-bond donors (Lipinski definition) is 1. The molecule has 0 saturated heterocycles. The molecule has 0 spiro atoms. The van der Waals surface area contributed by atoms with Gasteiger partial charge in [0.1, 0.15) is 5.69 Å². The minimum absolute atomic E-state index is 0.100. The van der Waals surface area contributed by atoms with Crippen molar-refractivity contribution in [2.24, 2.45) is 0 Å². The highest BCUT2D eigenvalue weighted by Gasteiger charge is 2.16. The molecule has 1 N–H and O–H groups in total. The van der Waals surface area contributed by atoms with Crippen LogP contribution in [-0.4, -0.2) is 26.9 Å². The van der Waals surface area contributed by atoms with Gasteiger partial charge in [-0.25, -0.2) is 4.98 Å². The highest BCUT2D eigenvalue weighted by atomic mass is 35.5. The fourth-order valence-corrected chi connectivity index (χ4v) is 1.53. The Hall–Kier alpha value is -1.36. The highest BCUT2D eigenvalue weighted by Crippen LogP contribution is 2.19. The van der Waals surface area contributed by atoms with Crippen LogP contribution in [0.4, 0.5) is 0 Å². The summed E-state index contributed by atoms with van der Waals surface area (Å²) in [4.78, 5) is 24.7. The van der Waals surface area contributed by atoms with Crippen LogP contribution in [0.2, 0.25) is 5.28 Å². The van der Waals surface area contributed by atoms with Crippen LogP contribution in [0.25, 0.3) is 0 Å². The summed E-state index contributed by atoms with van der Waals surface area (Å²) in [5.41, 5.74) is 0.281. The van der Waals surface area contributed by atoms with E-state index in [0.29, 0.717) is 6.29 Å². The Kier molecular flexibility index (Phi) is 3.24. The molecule has 0 bridgehead atoms. The maximum Gasteiger partial charge on any atom is 0.305 e. The molecule has 1 rings (SSSR count). The predicted molar refractivity (Wildman–Crippen MR) is 49.6 cm³/mol. The summed E-state index contributed by atoms with van der Waals surface area (Å²) in [5.74, 6) is -0.945. The zero-order chi connectivity index (χ0) is 10.7. The Morgan fingerprint density at radius 2 is 2.50 bits per heavy atom. The van der Waals surface area contributed by atoms with Gasteiger partial charge < -0.3 is 9.67 Å². The maximum absolute atomic E-state index is 10.6. The molecule has 1 aromatic heterocycles. The van der Waals surface area contributed by atoms with E-state index < -0.39 is 5.97 Å². The van der Waals surface area contributed by atoms with E-state index in [2.05, 4.69) is 4.98 Å². The molecule has 0 amide bonds. The molecule has 6 heteroatoms. The number of aliphatic carboxylic acids is 1. The maximum atomic E-state index is 10.6. The number of aldehydes is 1. The zero-order valence-corrected chi connectivity index (χ0v) is 8.23. The minimum atomic E-state index is -0.945. The summed E-state index contributed by atoms with van der Waals surface area (Å²) in [6.45, 7) is 1.66. The average molecular weight is 217 g/mol. The Morgan fingerprint density at radius 1 is 1.86 bits per heavy atom.